The van der Waals surface area contributed by atoms with Crippen LogP contribution in [0.5, 0.6) is 0 Å². The first-order chi connectivity index (χ1) is 6.70. The first kappa shape index (κ1) is 13.9. The van der Waals surface area contributed by atoms with Gasteiger partial charge in [0.1, 0.15) is 0 Å². The topological polar surface area (TPSA) is 75.7 Å². The maximum atomic E-state index is 10.9. The molecule has 0 aromatic carbocycles. The Morgan fingerprint density at radius 2 is 2.00 bits per heavy atom. The summed E-state index contributed by atoms with van der Waals surface area (Å²) in [5.74, 6) is -1.14. The van der Waals surface area contributed by atoms with Crippen LogP contribution in [0.15, 0.2) is 28.0 Å². The molecule has 0 aliphatic heterocycles. The Kier molecular flexibility index (Phi) is 4.74. The van der Waals surface area contributed by atoms with Crippen LogP contribution in [-0.2, 0) is 4.79 Å². The van der Waals surface area contributed by atoms with Crippen LogP contribution in [0.2, 0.25) is 0 Å². The molecule has 0 bridgehead atoms. The van der Waals surface area contributed by atoms with Crippen molar-refractivity contribution in [2.45, 2.75) is 20.8 Å². The first-order valence-corrected chi connectivity index (χ1v) is 5.08. The first-order valence-electron chi connectivity index (χ1n) is 4.29. The molecule has 0 heterocycles. The van der Waals surface area contributed by atoms with E-state index in [0.29, 0.717) is 5.70 Å². The smallest absolute Gasteiger partial charge is 0.355 e. The van der Waals surface area contributed by atoms with Crippen molar-refractivity contribution in [3.05, 3.63) is 23.0 Å². The Labute approximate surface area is 97.7 Å². The molecule has 0 aromatic rings. The number of halogens is 1. The van der Waals surface area contributed by atoms with Crippen LogP contribution in [0.1, 0.15) is 20.8 Å². The fourth-order valence-corrected chi connectivity index (χ4v) is 0.843. The van der Waals surface area contributed by atoms with Crippen molar-refractivity contribution in [2.75, 3.05) is 0 Å². The summed E-state index contributed by atoms with van der Waals surface area (Å²) < 4.78 is 0.236. The number of carboxylic acid groups (broad SMARTS) is 1. The third kappa shape index (κ3) is 4.29. The van der Waals surface area contributed by atoms with Crippen molar-refractivity contribution in [1.82, 2.24) is 0 Å². The molecule has 0 saturated carbocycles. The number of hydrogen-bond acceptors (Lipinski definition) is 3. The molecule has 0 rings (SSSR count). The zero-order chi connectivity index (χ0) is 12.2. The molecule has 0 aliphatic rings. The lowest BCUT2D eigenvalue weighted by Crippen LogP contribution is -2.17. The van der Waals surface area contributed by atoms with Crippen molar-refractivity contribution in [3.8, 4) is 0 Å². The highest BCUT2D eigenvalue weighted by Crippen LogP contribution is 2.25. The summed E-state index contributed by atoms with van der Waals surface area (Å²) in [6.45, 7) is 9.43. The van der Waals surface area contributed by atoms with Gasteiger partial charge in [-0.25, -0.2) is 9.79 Å². The van der Waals surface area contributed by atoms with Crippen LogP contribution in [0, 0.1) is 5.41 Å². The summed E-state index contributed by atoms with van der Waals surface area (Å²) in [6.07, 6.45) is 1.14. The average Bonchev–Trinajstić information content (AvgIpc) is 2.10. The van der Waals surface area contributed by atoms with Gasteiger partial charge in [0.05, 0.1) is 4.48 Å². The van der Waals surface area contributed by atoms with E-state index in [1.807, 2.05) is 20.8 Å². The van der Waals surface area contributed by atoms with E-state index in [-0.39, 0.29) is 15.6 Å². The quantitative estimate of drug-likeness (QED) is 0.776. The van der Waals surface area contributed by atoms with Crippen LogP contribution >= 0.6 is 15.9 Å². The lowest BCUT2D eigenvalue weighted by atomic mass is 9.93. The van der Waals surface area contributed by atoms with Gasteiger partial charge in [-0.15, -0.1) is 0 Å². The Morgan fingerprint density at radius 3 is 2.27 bits per heavy atom. The van der Waals surface area contributed by atoms with E-state index in [2.05, 4.69) is 27.5 Å². The molecule has 0 fully saturated rings. The zero-order valence-corrected chi connectivity index (χ0v) is 10.6. The molecular formula is C10H15BrN2O2. The van der Waals surface area contributed by atoms with Crippen molar-refractivity contribution < 1.29 is 9.90 Å². The minimum atomic E-state index is -1.14. The monoisotopic (exact) mass is 274 g/mol. The summed E-state index contributed by atoms with van der Waals surface area (Å²) in [5, 5.41) is 8.89. The molecule has 0 saturated heterocycles. The van der Waals surface area contributed by atoms with Crippen molar-refractivity contribution in [3.63, 3.8) is 0 Å². The van der Waals surface area contributed by atoms with Crippen LogP contribution in [0.25, 0.3) is 0 Å². The molecule has 0 aliphatic carbocycles. The number of hydrogen-bond donors (Lipinski definition) is 2. The van der Waals surface area contributed by atoms with E-state index in [0.717, 1.165) is 6.20 Å². The normalized spacial score (nSPS) is 13.9. The third-order valence-electron chi connectivity index (χ3n) is 1.69. The number of nitrogens with two attached hydrogens (primary N) is 1. The van der Waals surface area contributed by atoms with Crippen molar-refractivity contribution in [2.24, 2.45) is 16.1 Å². The number of allylic oxidation sites excluding steroid dienone is 1. The maximum absolute atomic E-state index is 10.9. The predicted octanol–water partition coefficient (Wildman–Crippen LogP) is 2.27. The number of carboxylic acids is 1. The maximum Gasteiger partial charge on any atom is 0.355 e. The molecule has 0 spiro atoms. The van der Waals surface area contributed by atoms with E-state index < -0.39 is 5.97 Å². The minimum absolute atomic E-state index is 0.141. The fraction of sp³-hybridized carbons (Fsp3) is 0.400. The standard InChI is InChI=1S/C10H15BrN2O2/c1-6(10(2,3)4)13-8(9(14)15)7(11)5-12/h5H,1,12H2,2-4H3,(H,14,15)/b7-5+,13-8+. The minimum Gasteiger partial charge on any atom is -0.476 e. The highest BCUT2D eigenvalue weighted by Gasteiger charge is 2.19. The van der Waals surface area contributed by atoms with E-state index in [4.69, 9.17) is 10.8 Å². The molecule has 0 aromatic heterocycles. The van der Waals surface area contributed by atoms with Gasteiger partial charge in [-0.1, -0.05) is 27.4 Å². The Morgan fingerprint density at radius 1 is 1.53 bits per heavy atom. The number of nitrogens with zero attached hydrogens (tertiary/aromatic N) is 1. The second-order valence-electron chi connectivity index (χ2n) is 3.98. The summed E-state index contributed by atoms with van der Waals surface area (Å²) in [5.41, 5.74) is 5.28. The molecule has 84 valence electrons. The van der Waals surface area contributed by atoms with Crippen LogP contribution < -0.4 is 5.73 Å². The van der Waals surface area contributed by atoms with Gasteiger partial charge < -0.3 is 10.8 Å². The van der Waals surface area contributed by atoms with Crippen molar-refractivity contribution >= 4 is 27.6 Å². The van der Waals surface area contributed by atoms with Gasteiger partial charge >= 0.3 is 5.97 Å². The largest absolute Gasteiger partial charge is 0.476 e. The lowest BCUT2D eigenvalue weighted by molar-refractivity contribution is -0.129. The number of aliphatic carboxylic acids is 1. The Balaban J connectivity index is 5.21. The van der Waals surface area contributed by atoms with Gasteiger partial charge in [-0.05, 0) is 15.9 Å². The molecule has 0 unspecified atom stereocenters. The second-order valence-corrected chi connectivity index (χ2v) is 4.83. The van der Waals surface area contributed by atoms with Gasteiger partial charge in [0.2, 0.25) is 0 Å². The Hall–Kier alpha value is -1.10. The molecule has 3 N–H and O–H groups in total. The molecule has 0 amide bonds. The fourth-order valence-electron chi connectivity index (χ4n) is 0.585. The molecular weight excluding hydrogens is 260 g/mol. The summed E-state index contributed by atoms with van der Waals surface area (Å²) in [4.78, 5) is 14.8. The predicted molar refractivity (Wildman–Crippen MR) is 64.9 cm³/mol. The van der Waals surface area contributed by atoms with E-state index in [1.165, 1.54) is 0 Å². The third-order valence-corrected chi connectivity index (χ3v) is 2.33. The molecule has 5 heteroatoms. The van der Waals surface area contributed by atoms with Crippen LogP contribution in [0.4, 0.5) is 0 Å². The van der Waals surface area contributed by atoms with Gasteiger partial charge in [-0.3, -0.25) is 0 Å². The number of rotatable bonds is 3. The number of aliphatic imine (C=N–C) groups is 1. The van der Waals surface area contributed by atoms with E-state index in [9.17, 15) is 4.79 Å². The summed E-state index contributed by atoms with van der Waals surface area (Å²) >= 11 is 3.02. The zero-order valence-electron chi connectivity index (χ0n) is 9.04. The second kappa shape index (κ2) is 5.11. The van der Waals surface area contributed by atoms with Gasteiger partial charge in [0.25, 0.3) is 0 Å². The molecule has 15 heavy (non-hydrogen) atoms. The van der Waals surface area contributed by atoms with Gasteiger partial charge in [-0.2, -0.15) is 0 Å². The van der Waals surface area contributed by atoms with E-state index in [1.54, 1.807) is 0 Å². The van der Waals surface area contributed by atoms with Gasteiger partial charge in [0, 0.05) is 17.3 Å². The average molecular weight is 275 g/mol. The Bertz CT molecular complexity index is 338. The SMILES string of the molecule is C=C(/N=C(C(=O)O)\C(Br)=C/N)C(C)(C)C. The molecule has 0 radical (unpaired) electrons. The van der Waals surface area contributed by atoms with Gasteiger partial charge in [0.15, 0.2) is 5.71 Å². The highest BCUT2D eigenvalue weighted by molar-refractivity contribution is 9.12. The number of carbonyl (C=O) groups is 1. The molecule has 4 nitrogen and oxygen atoms in total. The lowest BCUT2D eigenvalue weighted by Gasteiger charge is -2.18. The van der Waals surface area contributed by atoms with Crippen LogP contribution in [-0.4, -0.2) is 16.8 Å². The van der Waals surface area contributed by atoms with E-state index >= 15 is 0 Å². The highest BCUT2D eigenvalue weighted by atomic mass is 79.9. The molecule has 0 atom stereocenters. The van der Waals surface area contributed by atoms with Crippen LogP contribution in [0.3, 0.4) is 0 Å². The van der Waals surface area contributed by atoms with Crippen molar-refractivity contribution in [1.29, 1.82) is 0 Å². The summed E-state index contributed by atoms with van der Waals surface area (Å²) in [7, 11) is 0. The summed E-state index contributed by atoms with van der Waals surface area (Å²) in [6, 6.07) is 0.